The van der Waals surface area contributed by atoms with Gasteiger partial charge in [-0.1, -0.05) is 24.9 Å². The molecule has 1 fully saturated rings. The first-order valence-electron chi connectivity index (χ1n) is 5.40. The molecule has 1 heterocycles. The van der Waals surface area contributed by atoms with Gasteiger partial charge >= 0.3 is 0 Å². The van der Waals surface area contributed by atoms with Crippen molar-refractivity contribution in [1.82, 2.24) is 10.2 Å². The summed E-state index contributed by atoms with van der Waals surface area (Å²) in [4.78, 5) is 0. The maximum atomic E-state index is 5.75. The molecule has 0 N–H and O–H groups in total. The second-order valence-electron chi connectivity index (χ2n) is 4.21. The topological polar surface area (TPSA) is 35.0 Å². The minimum atomic E-state index is 0.296. The summed E-state index contributed by atoms with van der Waals surface area (Å²) >= 11 is 5.65. The minimum Gasteiger partial charge on any atom is -0.473 e. The third kappa shape index (κ3) is 3.06. The Labute approximate surface area is 94.8 Å². The normalized spacial score (nSPS) is 26.3. The Morgan fingerprint density at radius 3 is 2.87 bits per heavy atom. The molecule has 1 aliphatic carbocycles. The molecule has 2 rings (SSSR count). The van der Waals surface area contributed by atoms with Gasteiger partial charge in [0.05, 0.1) is 0 Å². The van der Waals surface area contributed by atoms with Gasteiger partial charge in [-0.3, -0.25) is 0 Å². The number of nitrogens with zero attached hydrogens (tertiary/aromatic N) is 2. The summed E-state index contributed by atoms with van der Waals surface area (Å²) in [6.07, 6.45) is 5.09. The van der Waals surface area contributed by atoms with E-state index in [1.807, 2.05) is 0 Å². The number of halogens is 1. The van der Waals surface area contributed by atoms with E-state index in [1.54, 1.807) is 12.1 Å². The first-order valence-corrected chi connectivity index (χ1v) is 5.78. The van der Waals surface area contributed by atoms with Crippen molar-refractivity contribution in [2.75, 3.05) is 0 Å². The summed E-state index contributed by atoms with van der Waals surface area (Å²) in [6.45, 7) is 2.27. The highest BCUT2D eigenvalue weighted by Gasteiger charge is 2.20. The van der Waals surface area contributed by atoms with Crippen LogP contribution >= 0.6 is 11.6 Å². The Bertz CT molecular complexity index is 315. The van der Waals surface area contributed by atoms with Gasteiger partial charge in [0.15, 0.2) is 5.15 Å². The molecule has 0 bridgehead atoms. The fourth-order valence-electron chi connectivity index (χ4n) is 2.02. The molecule has 0 amide bonds. The summed E-state index contributed by atoms with van der Waals surface area (Å²) in [5.74, 6) is 1.34. The molecule has 0 aromatic carbocycles. The van der Waals surface area contributed by atoms with E-state index in [-0.39, 0.29) is 0 Å². The van der Waals surface area contributed by atoms with E-state index in [0.717, 1.165) is 18.8 Å². The second-order valence-corrected chi connectivity index (χ2v) is 4.59. The molecule has 1 aromatic heterocycles. The van der Waals surface area contributed by atoms with E-state index >= 15 is 0 Å². The molecule has 2 unspecified atom stereocenters. The smallest absolute Gasteiger partial charge is 0.233 e. The summed E-state index contributed by atoms with van der Waals surface area (Å²) in [5.41, 5.74) is 0. The predicted octanol–water partition coefficient (Wildman–Crippen LogP) is 3.09. The maximum absolute atomic E-state index is 5.75. The lowest BCUT2D eigenvalue weighted by Crippen LogP contribution is -2.24. The number of ether oxygens (including phenoxy) is 1. The third-order valence-corrected chi connectivity index (χ3v) is 2.98. The van der Waals surface area contributed by atoms with Crippen LogP contribution in [0.2, 0.25) is 5.15 Å². The zero-order chi connectivity index (χ0) is 10.7. The van der Waals surface area contributed by atoms with E-state index in [9.17, 15) is 0 Å². The van der Waals surface area contributed by atoms with E-state index in [2.05, 4.69) is 17.1 Å². The molecule has 3 nitrogen and oxygen atoms in total. The van der Waals surface area contributed by atoms with Crippen LogP contribution in [-0.2, 0) is 0 Å². The van der Waals surface area contributed by atoms with Crippen LogP contribution in [0, 0.1) is 5.92 Å². The molecule has 1 aromatic rings. The molecule has 15 heavy (non-hydrogen) atoms. The van der Waals surface area contributed by atoms with E-state index < -0.39 is 0 Å². The van der Waals surface area contributed by atoms with Gasteiger partial charge in [-0.2, -0.15) is 0 Å². The Hall–Kier alpha value is -0.830. The third-order valence-electron chi connectivity index (χ3n) is 2.78. The molecule has 4 heteroatoms. The molecule has 1 aliphatic rings. The molecule has 0 spiro atoms. The summed E-state index contributed by atoms with van der Waals surface area (Å²) in [5, 5.41) is 8.05. The summed E-state index contributed by atoms with van der Waals surface area (Å²) in [7, 11) is 0. The quantitative estimate of drug-likeness (QED) is 0.778. The van der Waals surface area contributed by atoms with E-state index in [1.165, 1.54) is 12.8 Å². The average molecular weight is 227 g/mol. The standard InChI is InChI=1S/C11H15ClN2O/c1-8-3-2-4-9(7-8)15-11-6-5-10(12)13-14-11/h5-6,8-9H,2-4,7H2,1H3. The van der Waals surface area contributed by atoms with Crippen molar-refractivity contribution >= 4 is 11.6 Å². The molecule has 82 valence electrons. The van der Waals surface area contributed by atoms with Gasteiger partial charge in [-0.05, 0) is 31.2 Å². The highest BCUT2D eigenvalue weighted by molar-refractivity contribution is 6.29. The zero-order valence-corrected chi connectivity index (χ0v) is 9.57. The highest BCUT2D eigenvalue weighted by atomic mass is 35.5. The number of aromatic nitrogens is 2. The second kappa shape index (κ2) is 4.79. The Kier molecular flexibility index (Phi) is 3.41. The molecule has 1 saturated carbocycles. The first kappa shape index (κ1) is 10.7. The van der Waals surface area contributed by atoms with Crippen molar-refractivity contribution in [1.29, 1.82) is 0 Å². The van der Waals surface area contributed by atoms with Gasteiger partial charge in [-0.15, -0.1) is 10.2 Å². The zero-order valence-electron chi connectivity index (χ0n) is 8.82. The first-order chi connectivity index (χ1) is 7.24. The molecule has 0 aliphatic heterocycles. The van der Waals surface area contributed by atoms with Crippen LogP contribution in [0.5, 0.6) is 5.88 Å². The van der Waals surface area contributed by atoms with Gasteiger partial charge < -0.3 is 4.74 Å². The monoisotopic (exact) mass is 226 g/mol. The molecular formula is C11H15ClN2O. The average Bonchev–Trinajstić information content (AvgIpc) is 2.22. The largest absolute Gasteiger partial charge is 0.473 e. The minimum absolute atomic E-state index is 0.296. The van der Waals surface area contributed by atoms with Crippen LogP contribution < -0.4 is 4.74 Å². The lowest BCUT2D eigenvalue weighted by molar-refractivity contribution is 0.122. The van der Waals surface area contributed by atoms with Gasteiger partial charge in [0.25, 0.3) is 0 Å². The molecule has 2 atom stereocenters. The Morgan fingerprint density at radius 2 is 2.20 bits per heavy atom. The van der Waals surface area contributed by atoms with Crippen LogP contribution in [0.15, 0.2) is 12.1 Å². The lowest BCUT2D eigenvalue weighted by atomic mass is 9.89. The van der Waals surface area contributed by atoms with Crippen molar-refractivity contribution in [3.05, 3.63) is 17.3 Å². The lowest BCUT2D eigenvalue weighted by Gasteiger charge is -2.26. The van der Waals surface area contributed by atoms with Crippen LogP contribution in [0.1, 0.15) is 32.6 Å². The SMILES string of the molecule is CC1CCCC(Oc2ccc(Cl)nn2)C1. The fraction of sp³-hybridized carbons (Fsp3) is 0.636. The van der Waals surface area contributed by atoms with Crippen molar-refractivity contribution < 1.29 is 4.74 Å². The fourth-order valence-corrected chi connectivity index (χ4v) is 2.12. The van der Waals surface area contributed by atoms with Crippen molar-refractivity contribution in [3.63, 3.8) is 0 Å². The predicted molar refractivity (Wildman–Crippen MR) is 59.1 cm³/mol. The molecule has 0 saturated heterocycles. The van der Waals surface area contributed by atoms with Crippen molar-refractivity contribution in [2.45, 2.75) is 38.7 Å². The maximum Gasteiger partial charge on any atom is 0.233 e. The molecule has 0 radical (unpaired) electrons. The van der Waals surface area contributed by atoms with Crippen LogP contribution in [0.3, 0.4) is 0 Å². The van der Waals surface area contributed by atoms with Crippen molar-refractivity contribution in [2.24, 2.45) is 5.92 Å². The van der Waals surface area contributed by atoms with Gasteiger partial charge in [-0.25, -0.2) is 0 Å². The van der Waals surface area contributed by atoms with Gasteiger partial charge in [0.1, 0.15) is 6.10 Å². The van der Waals surface area contributed by atoms with Gasteiger partial charge in [0.2, 0.25) is 5.88 Å². The van der Waals surface area contributed by atoms with E-state index in [0.29, 0.717) is 17.1 Å². The van der Waals surface area contributed by atoms with Crippen molar-refractivity contribution in [3.8, 4) is 5.88 Å². The summed E-state index contributed by atoms with van der Waals surface area (Å²) < 4.78 is 5.75. The van der Waals surface area contributed by atoms with Crippen LogP contribution in [0.4, 0.5) is 0 Å². The van der Waals surface area contributed by atoms with Crippen LogP contribution in [-0.4, -0.2) is 16.3 Å². The number of hydrogen-bond acceptors (Lipinski definition) is 3. The van der Waals surface area contributed by atoms with Gasteiger partial charge in [0, 0.05) is 6.07 Å². The molecular weight excluding hydrogens is 212 g/mol. The van der Waals surface area contributed by atoms with Crippen LogP contribution in [0.25, 0.3) is 0 Å². The number of rotatable bonds is 2. The Morgan fingerprint density at radius 1 is 1.33 bits per heavy atom. The number of hydrogen-bond donors (Lipinski definition) is 0. The summed E-state index contributed by atoms with van der Waals surface area (Å²) in [6, 6.07) is 3.48. The Balaban J connectivity index is 1.93. The van der Waals surface area contributed by atoms with E-state index in [4.69, 9.17) is 16.3 Å². The highest BCUT2D eigenvalue weighted by Crippen LogP contribution is 2.26.